The summed E-state index contributed by atoms with van der Waals surface area (Å²) < 4.78 is 0.871. The molecule has 1 aromatic rings. The molecular formula is C14H14BrN3O3. The number of rotatable bonds is 4. The predicted octanol–water partition coefficient (Wildman–Crippen LogP) is 0.731. The Bertz CT molecular complexity index is 615. The first-order chi connectivity index (χ1) is 9.99. The normalized spacial score (nSPS) is 16.4. The van der Waals surface area contributed by atoms with Gasteiger partial charge >= 0.3 is 0 Å². The smallest absolute Gasteiger partial charge is 0.247 e. The highest BCUT2D eigenvalue weighted by Gasteiger charge is 2.27. The molecule has 0 spiro atoms. The first-order valence-electron chi connectivity index (χ1n) is 6.28. The summed E-state index contributed by atoms with van der Waals surface area (Å²) in [6, 6.07) is 4.93. The van der Waals surface area contributed by atoms with Crippen LogP contribution in [0.15, 0.2) is 35.3 Å². The maximum Gasteiger partial charge on any atom is 0.247 e. The van der Waals surface area contributed by atoms with Gasteiger partial charge in [-0.25, -0.2) is 0 Å². The molecule has 0 aromatic heterocycles. The highest BCUT2D eigenvalue weighted by molar-refractivity contribution is 9.10. The zero-order valence-electron chi connectivity index (χ0n) is 11.1. The van der Waals surface area contributed by atoms with Crippen molar-refractivity contribution >= 4 is 39.3 Å². The lowest BCUT2D eigenvalue weighted by molar-refractivity contribution is -0.127. The highest BCUT2D eigenvalue weighted by Crippen LogP contribution is 2.26. The second-order valence-corrected chi connectivity index (χ2v) is 5.45. The fraction of sp³-hybridized carbons (Fsp3) is 0.214. The van der Waals surface area contributed by atoms with Crippen LogP contribution in [0.1, 0.15) is 5.56 Å². The van der Waals surface area contributed by atoms with E-state index in [-0.39, 0.29) is 12.5 Å². The fourth-order valence-corrected chi connectivity index (χ4v) is 2.34. The van der Waals surface area contributed by atoms with Crippen LogP contribution in [0.25, 0.3) is 0 Å². The number of halogens is 1. The summed E-state index contributed by atoms with van der Waals surface area (Å²) in [4.78, 5) is 34.6. The summed E-state index contributed by atoms with van der Waals surface area (Å²) in [6.07, 6.45) is 1.49. The van der Waals surface area contributed by atoms with E-state index in [9.17, 15) is 14.4 Å². The molecule has 0 aliphatic carbocycles. The Morgan fingerprint density at radius 2 is 2.24 bits per heavy atom. The van der Waals surface area contributed by atoms with E-state index >= 15 is 0 Å². The van der Waals surface area contributed by atoms with E-state index in [4.69, 9.17) is 0 Å². The van der Waals surface area contributed by atoms with Gasteiger partial charge in [0.1, 0.15) is 6.04 Å². The Hall–Kier alpha value is -2.15. The molecule has 21 heavy (non-hydrogen) atoms. The van der Waals surface area contributed by atoms with Gasteiger partial charge in [0, 0.05) is 16.6 Å². The van der Waals surface area contributed by atoms with Crippen LogP contribution in [0, 0.1) is 0 Å². The number of nitrogens with one attached hydrogen (secondary N) is 3. The van der Waals surface area contributed by atoms with E-state index < -0.39 is 17.9 Å². The van der Waals surface area contributed by atoms with E-state index in [0.717, 1.165) is 21.8 Å². The van der Waals surface area contributed by atoms with Crippen LogP contribution >= 0.6 is 15.9 Å². The van der Waals surface area contributed by atoms with Crippen molar-refractivity contribution < 1.29 is 14.4 Å². The van der Waals surface area contributed by atoms with Crippen molar-refractivity contribution in [2.24, 2.45) is 0 Å². The van der Waals surface area contributed by atoms with Gasteiger partial charge in [-0.3, -0.25) is 14.4 Å². The van der Waals surface area contributed by atoms with Gasteiger partial charge in [-0.1, -0.05) is 28.6 Å². The number of benzene rings is 1. The summed E-state index contributed by atoms with van der Waals surface area (Å²) in [5.74, 6) is -1.14. The Morgan fingerprint density at radius 1 is 1.48 bits per heavy atom. The molecule has 0 fully saturated rings. The Labute approximate surface area is 130 Å². The summed E-state index contributed by atoms with van der Waals surface area (Å²) in [5.41, 5.74) is 1.68. The van der Waals surface area contributed by atoms with Crippen LogP contribution < -0.4 is 16.0 Å². The molecule has 2 rings (SSSR count). The summed E-state index contributed by atoms with van der Waals surface area (Å²) in [5, 5.41) is 7.69. The van der Waals surface area contributed by atoms with Crippen molar-refractivity contribution in [1.82, 2.24) is 10.6 Å². The maximum absolute atomic E-state index is 12.0. The predicted molar refractivity (Wildman–Crippen MR) is 81.6 cm³/mol. The lowest BCUT2D eigenvalue weighted by Crippen LogP contribution is -2.50. The van der Waals surface area contributed by atoms with Crippen molar-refractivity contribution in [1.29, 1.82) is 0 Å². The number of hydrogen-bond acceptors (Lipinski definition) is 3. The molecule has 1 atom stereocenters. The van der Waals surface area contributed by atoms with Crippen LogP contribution in [0.4, 0.5) is 5.69 Å². The van der Waals surface area contributed by atoms with Crippen LogP contribution in [0.5, 0.6) is 0 Å². The number of amides is 3. The van der Waals surface area contributed by atoms with Gasteiger partial charge in [0.25, 0.3) is 0 Å². The first-order valence-corrected chi connectivity index (χ1v) is 7.08. The minimum atomic E-state index is -0.646. The fourth-order valence-electron chi connectivity index (χ4n) is 1.98. The van der Waals surface area contributed by atoms with Gasteiger partial charge in [0.15, 0.2) is 0 Å². The summed E-state index contributed by atoms with van der Waals surface area (Å²) >= 11 is 3.34. The van der Waals surface area contributed by atoms with Crippen molar-refractivity contribution in [3.63, 3.8) is 0 Å². The third kappa shape index (κ3) is 3.91. The van der Waals surface area contributed by atoms with Gasteiger partial charge in [0.05, 0.1) is 6.54 Å². The highest BCUT2D eigenvalue weighted by atomic mass is 79.9. The Balaban J connectivity index is 1.97. The second kappa shape index (κ2) is 6.53. The number of carbonyl (C=O) groups excluding carboxylic acids is 3. The second-order valence-electron chi connectivity index (χ2n) is 4.54. The molecule has 1 unspecified atom stereocenters. The number of hydrogen-bond donors (Lipinski definition) is 3. The SMILES string of the molecule is C=CC(=O)NCC(=O)NC1Cc2ccc(Br)cc2NC1=O. The van der Waals surface area contributed by atoms with E-state index in [1.807, 2.05) is 18.2 Å². The van der Waals surface area contributed by atoms with Crippen LogP contribution in [0.2, 0.25) is 0 Å². The maximum atomic E-state index is 12.0. The minimum absolute atomic E-state index is 0.193. The molecule has 7 heteroatoms. The molecule has 1 heterocycles. The number of fused-ring (bicyclic) bond motifs is 1. The molecule has 1 aliphatic heterocycles. The molecule has 0 bridgehead atoms. The van der Waals surface area contributed by atoms with E-state index in [1.54, 1.807) is 0 Å². The molecule has 3 amide bonds. The number of anilines is 1. The van der Waals surface area contributed by atoms with Gasteiger partial charge in [0.2, 0.25) is 17.7 Å². The van der Waals surface area contributed by atoms with E-state index in [1.165, 1.54) is 0 Å². The van der Waals surface area contributed by atoms with Crippen molar-refractivity contribution in [2.75, 3.05) is 11.9 Å². The monoisotopic (exact) mass is 351 g/mol. The largest absolute Gasteiger partial charge is 0.344 e. The van der Waals surface area contributed by atoms with Gasteiger partial charge in [-0.15, -0.1) is 0 Å². The summed E-state index contributed by atoms with van der Waals surface area (Å²) in [6.45, 7) is 3.09. The lowest BCUT2D eigenvalue weighted by Gasteiger charge is -2.25. The third-order valence-electron chi connectivity index (χ3n) is 3.01. The molecule has 1 aromatic carbocycles. The Morgan fingerprint density at radius 3 is 2.95 bits per heavy atom. The minimum Gasteiger partial charge on any atom is -0.344 e. The topological polar surface area (TPSA) is 87.3 Å². The third-order valence-corrected chi connectivity index (χ3v) is 3.51. The van der Waals surface area contributed by atoms with Gasteiger partial charge in [-0.2, -0.15) is 0 Å². The molecule has 110 valence electrons. The Kier molecular flexibility index (Phi) is 4.74. The molecule has 6 nitrogen and oxygen atoms in total. The zero-order chi connectivity index (χ0) is 15.4. The van der Waals surface area contributed by atoms with Crippen molar-refractivity contribution in [3.8, 4) is 0 Å². The molecule has 0 saturated heterocycles. The molecule has 1 aliphatic rings. The van der Waals surface area contributed by atoms with E-state index in [2.05, 4.69) is 38.5 Å². The lowest BCUT2D eigenvalue weighted by atomic mass is 9.99. The van der Waals surface area contributed by atoms with Gasteiger partial charge < -0.3 is 16.0 Å². The molecular weight excluding hydrogens is 338 g/mol. The van der Waals surface area contributed by atoms with Crippen molar-refractivity contribution in [2.45, 2.75) is 12.5 Å². The van der Waals surface area contributed by atoms with E-state index in [0.29, 0.717) is 6.42 Å². The number of carbonyl (C=O) groups is 3. The molecule has 0 radical (unpaired) electrons. The van der Waals surface area contributed by atoms with Crippen LogP contribution in [-0.4, -0.2) is 30.3 Å². The molecule has 3 N–H and O–H groups in total. The first kappa shape index (κ1) is 15.2. The van der Waals surface area contributed by atoms with Crippen molar-refractivity contribution in [3.05, 3.63) is 40.9 Å². The van der Waals surface area contributed by atoms with Crippen LogP contribution in [-0.2, 0) is 20.8 Å². The average Bonchev–Trinajstić information content (AvgIpc) is 2.45. The zero-order valence-corrected chi connectivity index (χ0v) is 12.7. The standard InChI is InChI=1S/C14H14BrN3O3/c1-2-12(19)16-7-13(20)17-11-5-8-3-4-9(15)6-10(8)18-14(11)21/h2-4,6,11H,1,5,7H2,(H,16,19)(H,17,20)(H,18,21). The average molecular weight is 352 g/mol. The van der Waals surface area contributed by atoms with Gasteiger partial charge in [-0.05, 0) is 23.8 Å². The molecule has 0 saturated carbocycles. The quantitative estimate of drug-likeness (QED) is 0.699. The summed E-state index contributed by atoms with van der Waals surface area (Å²) in [7, 11) is 0. The van der Waals surface area contributed by atoms with Crippen LogP contribution in [0.3, 0.4) is 0 Å².